The SMILES string of the molecule is Nc1nncs1.O=C(O)C(F)(F)F. The number of nitrogens with two attached hydrogens (primary N) is 1. The van der Waals surface area contributed by atoms with Crippen molar-refractivity contribution in [3.05, 3.63) is 5.51 Å². The van der Waals surface area contributed by atoms with Crippen LogP contribution in [0.25, 0.3) is 0 Å². The molecule has 0 aromatic carbocycles. The van der Waals surface area contributed by atoms with Crippen LogP contribution in [0.5, 0.6) is 0 Å². The van der Waals surface area contributed by atoms with Crippen molar-refractivity contribution in [1.29, 1.82) is 0 Å². The monoisotopic (exact) mass is 215 g/mol. The van der Waals surface area contributed by atoms with Gasteiger partial charge in [-0.1, -0.05) is 11.3 Å². The van der Waals surface area contributed by atoms with Crippen LogP contribution in [-0.2, 0) is 4.79 Å². The Bertz CT molecular complexity index is 260. The van der Waals surface area contributed by atoms with E-state index in [-0.39, 0.29) is 0 Å². The summed E-state index contributed by atoms with van der Waals surface area (Å²) in [7, 11) is 0. The summed E-state index contributed by atoms with van der Waals surface area (Å²) in [6, 6.07) is 0. The molecule has 5 nitrogen and oxygen atoms in total. The fourth-order valence-electron chi connectivity index (χ4n) is 0.182. The summed E-state index contributed by atoms with van der Waals surface area (Å²) in [5, 5.41) is 14.6. The molecule has 1 aromatic heterocycles. The molecule has 74 valence electrons. The molecule has 0 radical (unpaired) electrons. The van der Waals surface area contributed by atoms with Crippen molar-refractivity contribution in [2.45, 2.75) is 6.18 Å². The number of rotatable bonds is 0. The van der Waals surface area contributed by atoms with Crippen molar-refractivity contribution in [3.63, 3.8) is 0 Å². The van der Waals surface area contributed by atoms with Gasteiger partial charge in [0.25, 0.3) is 0 Å². The van der Waals surface area contributed by atoms with Gasteiger partial charge in [-0.05, 0) is 0 Å². The molecule has 0 aliphatic heterocycles. The molecule has 0 atom stereocenters. The minimum atomic E-state index is -5.08. The van der Waals surface area contributed by atoms with Crippen molar-refractivity contribution in [1.82, 2.24) is 10.2 Å². The molecular formula is C4H4F3N3O2S. The van der Waals surface area contributed by atoms with Gasteiger partial charge in [0.15, 0.2) is 0 Å². The van der Waals surface area contributed by atoms with Crippen LogP contribution in [0.15, 0.2) is 5.51 Å². The molecule has 0 aliphatic rings. The normalized spacial score (nSPS) is 10.1. The van der Waals surface area contributed by atoms with E-state index < -0.39 is 12.1 Å². The predicted octanol–water partition coefficient (Wildman–Crippen LogP) is 0.754. The Kier molecular flexibility index (Phi) is 4.11. The van der Waals surface area contributed by atoms with E-state index in [0.717, 1.165) is 0 Å². The average Bonchev–Trinajstić information content (AvgIpc) is 2.38. The number of carboxylic acids is 1. The summed E-state index contributed by atoms with van der Waals surface area (Å²) in [5.41, 5.74) is 6.72. The number of anilines is 1. The van der Waals surface area contributed by atoms with Crippen molar-refractivity contribution >= 4 is 22.4 Å². The topological polar surface area (TPSA) is 89.1 Å². The molecule has 1 rings (SSSR count). The molecule has 0 aliphatic carbocycles. The van der Waals surface area contributed by atoms with E-state index in [4.69, 9.17) is 15.6 Å². The van der Waals surface area contributed by atoms with Crippen LogP contribution in [0.2, 0.25) is 0 Å². The zero-order valence-corrected chi connectivity index (χ0v) is 6.76. The van der Waals surface area contributed by atoms with E-state index in [2.05, 4.69) is 10.2 Å². The number of carboxylic acid groups (broad SMARTS) is 1. The van der Waals surface area contributed by atoms with E-state index in [9.17, 15) is 13.2 Å². The Morgan fingerprint density at radius 2 is 2.08 bits per heavy atom. The van der Waals surface area contributed by atoms with E-state index in [0.29, 0.717) is 5.13 Å². The van der Waals surface area contributed by atoms with Crippen LogP contribution in [0.4, 0.5) is 18.3 Å². The zero-order valence-electron chi connectivity index (χ0n) is 5.95. The van der Waals surface area contributed by atoms with Crippen LogP contribution >= 0.6 is 11.3 Å². The Morgan fingerprint density at radius 1 is 1.62 bits per heavy atom. The minimum absolute atomic E-state index is 0.523. The van der Waals surface area contributed by atoms with Gasteiger partial charge in [0.1, 0.15) is 5.51 Å². The quantitative estimate of drug-likeness (QED) is 0.666. The highest BCUT2D eigenvalue weighted by atomic mass is 32.1. The van der Waals surface area contributed by atoms with Crippen molar-refractivity contribution in [3.8, 4) is 0 Å². The number of alkyl halides is 3. The van der Waals surface area contributed by atoms with Crippen LogP contribution in [0, 0.1) is 0 Å². The first-order chi connectivity index (χ1) is 5.84. The summed E-state index contributed by atoms with van der Waals surface area (Å²) in [6.45, 7) is 0. The fraction of sp³-hybridized carbons (Fsp3) is 0.250. The van der Waals surface area contributed by atoms with E-state index in [1.54, 1.807) is 5.51 Å². The second-order valence-corrected chi connectivity index (χ2v) is 2.44. The van der Waals surface area contributed by atoms with Crippen molar-refractivity contribution < 1.29 is 23.1 Å². The number of aromatic nitrogens is 2. The Balaban J connectivity index is 0.000000223. The molecule has 9 heteroatoms. The molecule has 0 bridgehead atoms. The van der Waals surface area contributed by atoms with Gasteiger partial charge in [0.05, 0.1) is 0 Å². The maximum absolute atomic E-state index is 10.6. The third kappa shape index (κ3) is 5.84. The molecule has 0 fully saturated rings. The highest BCUT2D eigenvalue weighted by Gasteiger charge is 2.38. The van der Waals surface area contributed by atoms with Crippen LogP contribution in [-0.4, -0.2) is 27.4 Å². The van der Waals surface area contributed by atoms with Gasteiger partial charge in [-0.3, -0.25) is 0 Å². The van der Waals surface area contributed by atoms with Gasteiger partial charge in [-0.25, -0.2) is 4.79 Å². The molecule has 0 unspecified atom stereocenters. The average molecular weight is 215 g/mol. The lowest BCUT2D eigenvalue weighted by Crippen LogP contribution is -2.21. The first-order valence-corrected chi connectivity index (χ1v) is 3.53. The third-order valence-electron chi connectivity index (χ3n) is 0.619. The van der Waals surface area contributed by atoms with Gasteiger partial charge in [-0.2, -0.15) is 13.2 Å². The first kappa shape index (κ1) is 11.6. The highest BCUT2D eigenvalue weighted by Crippen LogP contribution is 2.13. The molecule has 1 heterocycles. The van der Waals surface area contributed by atoms with Gasteiger partial charge >= 0.3 is 12.1 Å². The van der Waals surface area contributed by atoms with Crippen LogP contribution in [0.1, 0.15) is 0 Å². The van der Waals surface area contributed by atoms with Crippen molar-refractivity contribution in [2.24, 2.45) is 0 Å². The standard InChI is InChI=1S/C2HF3O2.C2H3N3S/c3-2(4,5)1(6)7;3-2-5-4-1-6-2/h(H,6,7);1H,(H2,3,5). The number of halogens is 3. The van der Waals surface area contributed by atoms with Crippen molar-refractivity contribution in [2.75, 3.05) is 5.73 Å². The molecule has 1 aromatic rings. The number of nitrogen functional groups attached to an aromatic ring is 1. The second-order valence-electron chi connectivity index (χ2n) is 1.58. The van der Waals surface area contributed by atoms with Gasteiger partial charge in [0, 0.05) is 0 Å². The predicted molar refractivity (Wildman–Crippen MR) is 38.0 cm³/mol. The van der Waals surface area contributed by atoms with Crippen LogP contribution < -0.4 is 5.73 Å². The largest absolute Gasteiger partial charge is 0.490 e. The smallest absolute Gasteiger partial charge is 0.475 e. The number of nitrogens with zero attached hydrogens (tertiary/aromatic N) is 2. The summed E-state index contributed by atoms with van der Waals surface area (Å²) >= 11 is 1.33. The number of carbonyl (C=O) groups is 1. The number of aliphatic carboxylic acids is 1. The third-order valence-corrected chi connectivity index (χ3v) is 1.14. The summed E-state index contributed by atoms with van der Waals surface area (Å²) in [5.74, 6) is -2.76. The van der Waals surface area contributed by atoms with Crippen LogP contribution in [0.3, 0.4) is 0 Å². The lowest BCUT2D eigenvalue weighted by Gasteiger charge is -1.93. The number of hydrogen-bond donors (Lipinski definition) is 2. The lowest BCUT2D eigenvalue weighted by atomic mass is 10.7. The zero-order chi connectivity index (χ0) is 10.5. The molecule has 0 saturated carbocycles. The number of hydrogen-bond acceptors (Lipinski definition) is 5. The van der Waals surface area contributed by atoms with E-state index in [1.165, 1.54) is 11.3 Å². The van der Waals surface area contributed by atoms with Gasteiger partial charge < -0.3 is 10.8 Å². The maximum atomic E-state index is 10.6. The first-order valence-electron chi connectivity index (χ1n) is 2.65. The Labute approximate surface area is 74.0 Å². The molecule has 0 spiro atoms. The lowest BCUT2D eigenvalue weighted by molar-refractivity contribution is -0.192. The van der Waals surface area contributed by atoms with Gasteiger partial charge in [-0.15, -0.1) is 10.2 Å². The molecule has 13 heavy (non-hydrogen) atoms. The Morgan fingerprint density at radius 3 is 2.15 bits per heavy atom. The van der Waals surface area contributed by atoms with E-state index >= 15 is 0 Å². The molecule has 0 saturated heterocycles. The summed E-state index contributed by atoms with van der Waals surface area (Å²) < 4.78 is 31.7. The van der Waals surface area contributed by atoms with E-state index in [1.807, 2.05) is 0 Å². The maximum Gasteiger partial charge on any atom is 0.490 e. The summed E-state index contributed by atoms with van der Waals surface area (Å²) in [6.07, 6.45) is -5.08. The fourth-order valence-corrected chi connectivity index (χ4v) is 0.478. The summed E-state index contributed by atoms with van der Waals surface area (Å²) in [4.78, 5) is 8.90. The van der Waals surface area contributed by atoms with Gasteiger partial charge in [0.2, 0.25) is 5.13 Å². The molecular weight excluding hydrogens is 211 g/mol. The molecule has 3 N–H and O–H groups in total. The second kappa shape index (κ2) is 4.60. The highest BCUT2D eigenvalue weighted by molar-refractivity contribution is 7.13. The molecule has 0 amide bonds. The Hall–Kier alpha value is -1.38. The minimum Gasteiger partial charge on any atom is -0.475 e.